The number of aliphatic hydroxyl groups is 1. The number of thiocarbonyl (C=S) groups is 1. The zero-order valence-corrected chi connectivity index (χ0v) is 12.2. The summed E-state index contributed by atoms with van der Waals surface area (Å²) in [5.41, 5.74) is -0.156. The monoisotopic (exact) mass is 318 g/mol. The Labute approximate surface area is 126 Å². The van der Waals surface area contributed by atoms with Crippen molar-refractivity contribution in [2.45, 2.75) is 19.0 Å². The maximum atomic E-state index is 12.5. The molecule has 0 bridgehead atoms. The third kappa shape index (κ3) is 4.31. The molecule has 0 amide bonds. The molecule has 1 heterocycles. The lowest BCUT2D eigenvalue weighted by molar-refractivity contribution is -0.137. The van der Waals surface area contributed by atoms with Crippen molar-refractivity contribution in [2.75, 3.05) is 25.0 Å². The Kier molecular flexibility index (Phi) is 5.05. The molecule has 1 atom stereocenters. The van der Waals surface area contributed by atoms with Crippen LogP contribution in [-0.4, -0.2) is 34.8 Å². The Hall–Kier alpha value is -1.34. The Morgan fingerprint density at radius 2 is 2.00 bits per heavy atom. The van der Waals surface area contributed by atoms with E-state index >= 15 is 0 Å². The van der Waals surface area contributed by atoms with E-state index in [9.17, 15) is 18.3 Å². The molecule has 1 aromatic rings. The Balaban J connectivity index is 1.96. The molecular formula is C14H17F3N2OS. The van der Waals surface area contributed by atoms with Gasteiger partial charge >= 0.3 is 6.18 Å². The van der Waals surface area contributed by atoms with Crippen molar-refractivity contribution in [3.05, 3.63) is 29.8 Å². The number of hydrogen-bond acceptors (Lipinski definition) is 2. The van der Waals surface area contributed by atoms with E-state index in [1.807, 2.05) is 4.90 Å². The van der Waals surface area contributed by atoms with E-state index in [0.29, 0.717) is 17.3 Å². The van der Waals surface area contributed by atoms with Gasteiger partial charge in [0, 0.05) is 25.4 Å². The first-order valence-corrected chi connectivity index (χ1v) is 7.15. The lowest BCUT2D eigenvalue weighted by atomic mass is 9.99. The molecule has 0 radical (unpaired) electrons. The summed E-state index contributed by atoms with van der Waals surface area (Å²) in [4.78, 5) is 1.94. The van der Waals surface area contributed by atoms with Crippen molar-refractivity contribution in [3.8, 4) is 0 Å². The van der Waals surface area contributed by atoms with Gasteiger partial charge in [-0.05, 0) is 55.2 Å². The van der Waals surface area contributed by atoms with E-state index in [2.05, 4.69) is 5.32 Å². The first-order valence-electron chi connectivity index (χ1n) is 6.74. The van der Waals surface area contributed by atoms with Gasteiger partial charge in [0.15, 0.2) is 5.11 Å². The second-order valence-corrected chi connectivity index (χ2v) is 5.53. The maximum absolute atomic E-state index is 12.5. The predicted molar refractivity (Wildman–Crippen MR) is 79.0 cm³/mol. The number of benzene rings is 1. The van der Waals surface area contributed by atoms with Crippen LogP contribution in [0, 0.1) is 5.92 Å². The summed E-state index contributed by atoms with van der Waals surface area (Å²) in [6.45, 7) is 1.59. The fourth-order valence-corrected chi connectivity index (χ4v) is 2.63. The molecule has 2 rings (SSSR count). The minimum absolute atomic E-state index is 0.124. The third-order valence-corrected chi connectivity index (χ3v) is 3.89. The van der Waals surface area contributed by atoms with Crippen LogP contribution in [0.15, 0.2) is 24.3 Å². The molecule has 1 saturated heterocycles. The van der Waals surface area contributed by atoms with Gasteiger partial charge in [-0.15, -0.1) is 0 Å². The van der Waals surface area contributed by atoms with Crippen LogP contribution < -0.4 is 5.32 Å². The van der Waals surface area contributed by atoms with Gasteiger partial charge in [0.25, 0.3) is 0 Å². The molecule has 3 nitrogen and oxygen atoms in total. The van der Waals surface area contributed by atoms with Gasteiger partial charge in [0.1, 0.15) is 0 Å². The van der Waals surface area contributed by atoms with Gasteiger partial charge in [-0.1, -0.05) is 0 Å². The van der Waals surface area contributed by atoms with E-state index in [4.69, 9.17) is 12.2 Å². The molecule has 1 aliphatic heterocycles. The number of halogens is 3. The predicted octanol–water partition coefficient (Wildman–Crippen LogP) is 3.11. The topological polar surface area (TPSA) is 35.5 Å². The zero-order valence-electron chi connectivity index (χ0n) is 11.4. The fraction of sp³-hybridized carbons (Fsp3) is 0.500. The molecule has 0 saturated carbocycles. The van der Waals surface area contributed by atoms with E-state index in [0.717, 1.165) is 31.5 Å². The maximum Gasteiger partial charge on any atom is 0.416 e. The number of rotatable bonds is 2. The highest BCUT2D eigenvalue weighted by Gasteiger charge is 2.30. The van der Waals surface area contributed by atoms with Crippen LogP contribution in [0.4, 0.5) is 18.9 Å². The molecule has 0 aromatic heterocycles. The second-order valence-electron chi connectivity index (χ2n) is 5.14. The van der Waals surface area contributed by atoms with Gasteiger partial charge in [0.2, 0.25) is 0 Å². The van der Waals surface area contributed by atoms with Gasteiger partial charge < -0.3 is 15.3 Å². The van der Waals surface area contributed by atoms with Crippen molar-refractivity contribution in [1.29, 1.82) is 0 Å². The summed E-state index contributed by atoms with van der Waals surface area (Å²) < 4.78 is 37.4. The summed E-state index contributed by atoms with van der Waals surface area (Å²) in [5, 5.41) is 12.6. The number of likely N-dealkylation sites (tertiary alicyclic amines) is 1. The molecule has 7 heteroatoms. The summed E-state index contributed by atoms with van der Waals surface area (Å²) in [7, 11) is 0. The van der Waals surface area contributed by atoms with Crippen LogP contribution in [-0.2, 0) is 6.18 Å². The highest BCUT2D eigenvalue weighted by molar-refractivity contribution is 7.80. The summed E-state index contributed by atoms with van der Waals surface area (Å²) in [6, 6.07) is 4.78. The van der Waals surface area contributed by atoms with Crippen LogP contribution in [0.1, 0.15) is 18.4 Å². The van der Waals surface area contributed by atoms with Crippen LogP contribution >= 0.6 is 12.2 Å². The first kappa shape index (κ1) is 16.0. The summed E-state index contributed by atoms with van der Waals surface area (Å²) in [5.74, 6) is 0.200. The Morgan fingerprint density at radius 3 is 2.57 bits per heavy atom. The highest BCUT2D eigenvalue weighted by Crippen LogP contribution is 2.29. The molecule has 21 heavy (non-hydrogen) atoms. The molecule has 116 valence electrons. The van der Waals surface area contributed by atoms with Crippen molar-refractivity contribution in [2.24, 2.45) is 5.92 Å². The molecule has 1 fully saturated rings. The number of alkyl halides is 3. The molecular weight excluding hydrogens is 301 g/mol. The third-order valence-electron chi connectivity index (χ3n) is 3.53. The average Bonchev–Trinajstić information content (AvgIpc) is 2.47. The molecule has 1 aliphatic rings. The summed E-state index contributed by atoms with van der Waals surface area (Å²) >= 11 is 5.27. The van der Waals surface area contributed by atoms with Crippen LogP contribution in [0.5, 0.6) is 0 Å². The zero-order chi connectivity index (χ0) is 15.5. The van der Waals surface area contributed by atoms with E-state index in [-0.39, 0.29) is 12.5 Å². The first-order chi connectivity index (χ1) is 9.90. The second kappa shape index (κ2) is 6.62. The number of piperidine rings is 1. The Bertz CT molecular complexity index is 490. The lowest BCUT2D eigenvalue weighted by Crippen LogP contribution is -2.43. The number of aliphatic hydroxyl groups excluding tert-OH is 1. The van der Waals surface area contributed by atoms with Crippen LogP contribution in [0.2, 0.25) is 0 Å². The number of nitrogens with one attached hydrogen (secondary N) is 1. The van der Waals surface area contributed by atoms with Gasteiger partial charge in [-0.25, -0.2) is 0 Å². The Morgan fingerprint density at radius 1 is 1.33 bits per heavy atom. The van der Waals surface area contributed by atoms with Gasteiger partial charge in [-0.2, -0.15) is 13.2 Å². The number of anilines is 1. The largest absolute Gasteiger partial charge is 0.416 e. The van der Waals surface area contributed by atoms with E-state index in [1.54, 1.807) is 0 Å². The van der Waals surface area contributed by atoms with Crippen molar-refractivity contribution in [1.82, 2.24) is 4.90 Å². The quantitative estimate of drug-likeness (QED) is 0.822. The molecule has 2 N–H and O–H groups in total. The lowest BCUT2D eigenvalue weighted by Gasteiger charge is -2.33. The molecule has 0 aliphatic carbocycles. The molecule has 1 aromatic carbocycles. The summed E-state index contributed by atoms with van der Waals surface area (Å²) in [6.07, 6.45) is -2.42. The standard InChI is InChI=1S/C14H17F3N2OS/c15-14(16,17)11-3-5-12(6-4-11)18-13(21)19-7-1-2-10(8-19)9-20/h3-6,10,20H,1-2,7-9H2,(H,18,21)/t10-/m0/s1. The van der Waals surface area contributed by atoms with E-state index < -0.39 is 11.7 Å². The SMILES string of the molecule is OC[C@H]1CCCN(C(=S)Nc2ccc(C(F)(F)F)cc2)C1. The van der Waals surface area contributed by atoms with Gasteiger partial charge in [0.05, 0.1) is 5.56 Å². The smallest absolute Gasteiger partial charge is 0.396 e. The van der Waals surface area contributed by atoms with Gasteiger partial charge in [-0.3, -0.25) is 0 Å². The van der Waals surface area contributed by atoms with Crippen LogP contribution in [0.25, 0.3) is 0 Å². The highest BCUT2D eigenvalue weighted by atomic mass is 32.1. The molecule has 0 spiro atoms. The fourth-order valence-electron chi connectivity index (χ4n) is 2.34. The molecule has 0 unspecified atom stereocenters. The number of nitrogens with zero attached hydrogens (tertiary/aromatic N) is 1. The van der Waals surface area contributed by atoms with Crippen LogP contribution in [0.3, 0.4) is 0 Å². The van der Waals surface area contributed by atoms with Crippen molar-refractivity contribution >= 4 is 23.0 Å². The van der Waals surface area contributed by atoms with Crippen molar-refractivity contribution < 1.29 is 18.3 Å². The number of hydrogen-bond donors (Lipinski definition) is 2. The minimum Gasteiger partial charge on any atom is -0.396 e. The van der Waals surface area contributed by atoms with E-state index in [1.165, 1.54) is 12.1 Å². The average molecular weight is 318 g/mol. The van der Waals surface area contributed by atoms with Crippen molar-refractivity contribution in [3.63, 3.8) is 0 Å². The minimum atomic E-state index is -4.33. The normalized spacial score (nSPS) is 19.4.